The van der Waals surface area contributed by atoms with Crippen molar-refractivity contribution in [3.8, 4) is 0 Å². The van der Waals surface area contributed by atoms with Gasteiger partial charge in [-0.3, -0.25) is 0 Å². The van der Waals surface area contributed by atoms with Crippen molar-refractivity contribution in [1.82, 2.24) is 15.3 Å². The number of aromatic nitrogens is 2. The number of nitrogens with zero attached hydrogens (tertiary/aromatic N) is 2. The smallest absolute Gasteiger partial charge is 0.407 e. The lowest BCUT2D eigenvalue weighted by atomic mass is 10.2. The molecule has 19 heavy (non-hydrogen) atoms. The predicted molar refractivity (Wildman–Crippen MR) is 72.5 cm³/mol. The van der Waals surface area contributed by atoms with Crippen molar-refractivity contribution < 1.29 is 9.53 Å². The van der Waals surface area contributed by atoms with Crippen LogP contribution in [0.4, 0.5) is 4.79 Å². The Kier molecular flexibility index (Phi) is 5.69. The largest absolute Gasteiger partial charge is 0.444 e. The van der Waals surface area contributed by atoms with Crippen LogP contribution in [0.2, 0.25) is 0 Å². The van der Waals surface area contributed by atoms with Gasteiger partial charge in [0.2, 0.25) is 0 Å². The Morgan fingerprint density at radius 3 is 2.84 bits per heavy atom. The second-order valence-corrected chi connectivity index (χ2v) is 5.20. The predicted octanol–water partition coefficient (Wildman–Crippen LogP) is 1.39. The van der Waals surface area contributed by atoms with Crippen molar-refractivity contribution in [2.45, 2.75) is 45.8 Å². The molecule has 0 saturated heterocycles. The number of rotatable bonds is 5. The minimum atomic E-state index is -0.466. The second-order valence-electron chi connectivity index (χ2n) is 5.20. The summed E-state index contributed by atoms with van der Waals surface area (Å²) in [4.78, 5) is 19.7. The van der Waals surface area contributed by atoms with Crippen LogP contribution in [-0.4, -0.2) is 28.2 Å². The number of nitrogens with one attached hydrogen (secondary N) is 1. The zero-order valence-electron chi connectivity index (χ0n) is 11.8. The molecule has 3 N–H and O–H groups in total. The Balaban J connectivity index is 2.25. The normalized spacial score (nSPS) is 11.2. The maximum absolute atomic E-state index is 11.4. The van der Waals surface area contributed by atoms with Crippen LogP contribution in [0.1, 0.15) is 38.7 Å². The monoisotopic (exact) mass is 266 g/mol. The van der Waals surface area contributed by atoms with Gasteiger partial charge >= 0.3 is 6.09 Å². The average molecular weight is 266 g/mol. The zero-order chi connectivity index (χ0) is 14.3. The van der Waals surface area contributed by atoms with Gasteiger partial charge < -0.3 is 15.8 Å². The maximum atomic E-state index is 11.4. The third-order valence-electron chi connectivity index (χ3n) is 2.22. The standard InChI is InChI=1S/C13H22N4O2/c1-13(2,3)19-12(18)16-7-4-5-10-6-8-15-11(9-14)17-10/h6,8H,4-5,7,9,14H2,1-3H3,(H,16,18). The molecule has 0 atom stereocenters. The first-order valence-corrected chi connectivity index (χ1v) is 6.38. The summed E-state index contributed by atoms with van der Waals surface area (Å²) in [5.74, 6) is 0.637. The Bertz CT molecular complexity index is 415. The average Bonchev–Trinajstić information content (AvgIpc) is 2.33. The molecule has 0 aliphatic carbocycles. The van der Waals surface area contributed by atoms with Crippen LogP contribution in [0, 0.1) is 0 Å². The molecule has 6 heteroatoms. The molecule has 0 fully saturated rings. The molecule has 1 aromatic rings. The molecule has 1 heterocycles. The third kappa shape index (κ3) is 6.71. The Morgan fingerprint density at radius 1 is 1.47 bits per heavy atom. The molecule has 0 spiro atoms. The highest BCUT2D eigenvalue weighted by atomic mass is 16.6. The molecule has 0 unspecified atom stereocenters. The minimum absolute atomic E-state index is 0.337. The number of nitrogens with two attached hydrogens (primary N) is 1. The molecule has 1 rings (SSSR count). The Morgan fingerprint density at radius 2 is 2.21 bits per heavy atom. The fourth-order valence-corrected chi connectivity index (χ4v) is 1.45. The summed E-state index contributed by atoms with van der Waals surface area (Å²) >= 11 is 0. The van der Waals surface area contributed by atoms with Crippen molar-refractivity contribution in [3.05, 3.63) is 23.8 Å². The van der Waals surface area contributed by atoms with Crippen LogP contribution in [0.3, 0.4) is 0 Å². The van der Waals surface area contributed by atoms with Gasteiger partial charge in [-0.05, 0) is 39.7 Å². The van der Waals surface area contributed by atoms with E-state index in [-0.39, 0.29) is 0 Å². The lowest BCUT2D eigenvalue weighted by Gasteiger charge is -2.19. The Hall–Kier alpha value is -1.69. The fourth-order valence-electron chi connectivity index (χ4n) is 1.45. The zero-order valence-corrected chi connectivity index (χ0v) is 11.8. The van der Waals surface area contributed by atoms with E-state index in [1.807, 2.05) is 26.8 Å². The van der Waals surface area contributed by atoms with Crippen LogP contribution in [0.5, 0.6) is 0 Å². The number of ether oxygens (including phenoxy) is 1. The van der Waals surface area contributed by atoms with Gasteiger partial charge in [0.1, 0.15) is 11.4 Å². The summed E-state index contributed by atoms with van der Waals surface area (Å²) in [5.41, 5.74) is 5.94. The number of amides is 1. The number of alkyl carbamates (subject to hydrolysis) is 1. The minimum Gasteiger partial charge on any atom is -0.444 e. The quantitative estimate of drug-likeness (QED) is 0.786. The molecule has 106 valence electrons. The first-order valence-electron chi connectivity index (χ1n) is 6.38. The first kappa shape index (κ1) is 15.4. The Labute approximate surface area is 113 Å². The van der Waals surface area contributed by atoms with Gasteiger partial charge in [0.15, 0.2) is 0 Å². The number of hydrogen-bond donors (Lipinski definition) is 2. The van der Waals surface area contributed by atoms with Gasteiger partial charge in [-0.25, -0.2) is 14.8 Å². The highest BCUT2D eigenvalue weighted by Gasteiger charge is 2.15. The lowest BCUT2D eigenvalue weighted by molar-refractivity contribution is 0.0527. The summed E-state index contributed by atoms with van der Waals surface area (Å²) < 4.78 is 5.13. The van der Waals surface area contributed by atoms with Crippen LogP contribution in [0.15, 0.2) is 12.3 Å². The van der Waals surface area contributed by atoms with Crippen molar-refractivity contribution >= 4 is 6.09 Å². The van der Waals surface area contributed by atoms with Crippen molar-refractivity contribution in [2.75, 3.05) is 6.54 Å². The van der Waals surface area contributed by atoms with Gasteiger partial charge in [-0.2, -0.15) is 0 Å². The molecule has 0 aliphatic rings. The van der Waals surface area contributed by atoms with Crippen LogP contribution >= 0.6 is 0 Å². The summed E-state index contributed by atoms with van der Waals surface area (Å²) in [5, 5.41) is 2.71. The maximum Gasteiger partial charge on any atom is 0.407 e. The van der Waals surface area contributed by atoms with Crippen molar-refractivity contribution in [2.24, 2.45) is 5.73 Å². The van der Waals surface area contributed by atoms with Gasteiger partial charge in [-0.1, -0.05) is 0 Å². The molecular formula is C13H22N4O2. The van der Waals surface area contributed by atoms with Crippen LogP contribution in [-0.2, 0) is 17.7 Å². The van der Waals surface area contributed by atoms with Gasteiger partial charge in [-0.15, -0.1) is 0 Å². The van der Waals surface area contributed by atoms with Crippen molar-refractivity contribution in [3.63, 3.8) is 0 Å². The topological polar surface area (TPSA) is 90.1 Å². The highest BCUT2D eigenvalue weighted by molar-refractivity contribution is 5.67. The van der Waals surface area contributed by atoms with E-state index in [2.05, 4.69) is 15.3 Å². The molecule has 1 aromatic heterocycles. The van der Waals surface area contributed by atoms with E-state index in [0.717, 1.165) is 18.5 Å². The van der Waals surface area contributed by atoms with E-state index in [1.165, 1.54) is 0 Å². The highest BCUT2D eigenvalue weighted by Crippen LogP contribution is 2.06. The second kappa shape index (κ2) is 7.04. The number of aryl methyl sites for hydroxylation is 1. The van der Waals surface area contributed by atoms with Gasteiger partial charge in [0.05, 0.1) is 6.54 Å². The number of hydrogen-bond acceptors (Lipinski definition) is 5. The fraction of sp³-hybridized carbons (Fsp3) is 0.615. The lowest BCUT2D eigenvalue weighted by Crippen LogP contribution is -2.33. The van der Waals surface area contributed by atoms with E-state index in [1.54, 1.807) is 6.20 Å². The summed E-state index contributed by atoms with van der Waals surface area (Å²) in [7, 11) is 0. The summed E-state index contributed by atoms with van der Waals surface area (Å²) in [6.45, 7) is 6.40. The number of carbonyl (C=O) groups is 1. The van der Waals surface area contributed by atoms with E-state index < -0.39 is 11.7 Å². The molecule has 0 bridgehead atoms. The first-order chi connectivity index (χ1) is 8.90. The summed E-state index contributed by atoms with van der Waals surface area (Å²) in [6, 6.07) is 1.85. The molecular weight excluding hydrogens is 244 g/mol. The molecule has 0 aromatic carbocycles. The van der Waals surface area contributed by atoms with Crippen LogP contribution in [0.25, 0.3) is 0 Å². The summed E-state index contributed by atoms with van der Waals surface area (Å²) in [6.07, 6.45) is 2.87. The molecule has 0 radical (unpaired) electrons. The van der Waals surface area contributed by atoms with E-state index in [0.29, 0.717) is 18.9 Å². The van der Waals surface area contributed by atoms with Gasteiger partial charge in [0.25, 0.3) is 0 Å². The van der Waals surface area contributed by atoms with E-state index in [9.17, 15) is 4.79 Å². The van der Waals surface area contributed by atoms with E-state index >= 15 is 0 Å². The molecule has 6 nitrogen and oxygen atoms in total. The van der Waals surface area contributed by atoms with Crippen molar-refractivity contribution in [1.29, 1.82) is 0 Å². The third-order valence-corrected chi connectivity index (χ3v) is 2.22. The van der Waals surface area contributed by atoms with Crippen LogP contribution < -0.4 is 11.1 Å². The van der Waals surface area contributed by atoms with Gasteiger partial charge in [0, 0.05) is 18.4 Å². The molecule has 1 amide bonds. The molecule has 0 aliphatic heterocycles. The van der Waals surface area contributed by atoms with E-state index in [4.69, 9.17) is 10.5 Å². The number of carbonyl (C=O) groups excluding carboxylic acids is 1. The SMILES string of the molecule is CC(C)(C)OC(=O)NCCCc1ccnc(CN)n1. The molecule has 0 saturated carbocycles.